The van der Waals surface area contributed by atoms with Crippen LogP contribution in [0.4, 0.5) is 0 Å². The summed E-state index contributed by atoms with van der Waals surface area (Å²) in [6, 6.07) is 8.87. The number of likely N-dealkylation sites (tertiary alicyclic amines) is 1. The second-order valence-electron chi connectivity index (χ2n) is 6.13. The molecule has 3 heteroatoms. The van der Waals surface area contributed by atoms with Gasteiger partial charge in [-0.25, -0.2) is 0 Å². The maximum atomic E-state index is 2.63. The molecule has 1 atom stereocenters. The third kappa shape index (κ3) is 2.93. The van der Waals surface area contributed by atoms with Gasteiger partial charge in [0.2, 0.25) is 6.71 Å². The van der Waals surface area contributed by atoms with Gasteiger partial charge in [-0.05, 0) is 31.2 Å². The number of rotatable bonds is 2. The van der Waals surface area contributed by atoms with Gasteiger partial charge in [0.05, 0.1) is 5.03 Å². The van der Waals surface area contributed by atoms with Gasteiger partial charge in [-0.1, -0.05) is 61.6 Å². The molecule has 0 saturated carbocycles. The Hall–Kier alpha value is -0.825. The van der Waals surface area contributed by atoms with Crippen LogP contribution in [-0.4, -0.2) is 24.7 Å². The van der Waals surface area contributed by atoms with Crippen LogP contribution in [0, 0.1) is 5.92 Å². The minimum absolute atomic E-state index is 0.549. The zero-order chi connectivity index (χ0) is 13.9. The van der Waals surface area contributed by atoms with E-state index in [2.05, 4.69) is 48.9 Å². The molecule has 0 aromatic heterocycles. The number of fused-ring (bicyclic) bond motifs is 1. The Kier molecular flexibility index (Phi) is 4.45. The third-order valence-electron chi connectivity index (χ3n) is 4.75. The molecule has 2 heterocycles. The average Bonchev–Trinajstić information content (AvgIpc) is 2.72. The maximum absolute atomic E-state index is 2.63. The Bertz CT molecular complexity index is 500. The van der Waals surface area contributed by atoms with Crippen LogP contribution in [0.25, 0.3) is 0 Å². The minimum Gasteiger partial charge on any atom is -0.367 e. The summed E-state index contributed by atoms with van der Waals surface area (Å²) in [5, 5.41) is 1.49. The summed E-state index contributed by atoms with van der Waals surface area (Å²) in [6.07, 6.45) is 5.48. The summed E-state index contributed by atoms with van der Waals surface area (Å²) < 4.78 is 0. The third-order valence-corrected chi connectivity index (χ3v) is 5.95. The van der Waals surface area contributed by atoms with Gasteiger partial charge in [0, 0.05) is 18.0 Å². The van der Waals surface area contributed by atoms with E-state index in [1.165, 1.54) is 54.2 Å². The van der Waals surface area contributed by atoms with Crippen molar-refractivity contribution in [3.05, 3.63) is 35.3 Å². The molecule has 0 aliphatic carbocycles. The molecule has 1 nitrogen and oxygen atoms in total. The first-order valence-corrected chi connectivity index (χ1v) is 8.83. The molecule has 1 fully saturated rings. The van der Waals surface area contributed by atoms with Crippen molar-refractivity contribution in [3.8, 4) is 0 Å². The first kappa shape index (κ1) is 14.1. The van der Waals surface area contributed by atoms with Crippen molar-refractivity contribution in [2.45, 2.75) is 44.3 Å². The van der Waals surface area contributed by atoms with Crippen LogP contribution in [0.15, 0.2) is 40.2 Å². The molecule has 0 bridgehead atoms. The molecule has 0 amide bonds. The lowest BCUT2D eigenvalue weighted by Crippen LogP contribution is -2.33. The number of nitrogens with zero attached hydrogens (tertiary/aromatic N) is 1. The fourth-order valence-electron chi connectivity index (χ4n) is 3.36. The van der Waals surface area contributed by atoms with E-state index in [0.29, 0.717) is 6.71 Å². The van der Waals surface area contributed by atoms with Crippen LogP contribution in [0.3, 0.4) is 0 Å². The van der Waals surface area contributed by atoms with E-state index < -0.39 is 0 Å². The summed E-state index contributed by atoms with van der Waals surface area (Å²) >= 11 is 1.97. The lowest BCUT2D eigenvalue weighted by Gasteiger charge is -2.30. The van der Waals surface area contributed by atoms with E-state index in [0.717, 1.165) is 5.92 Å². The molecule has 0 unspecified atom stereocenters. The topological polar surface area (TPSA) is 3.24 Å². The van der Waals surface area contributed by atoms with Gasteiger partial charge in [0.25, 0.3) is 0 Å². The van der Waals surface area contributed by atoms with Crippen molar-refractivity contribution < 1.29 is 0 Å². The molecule has 2 aliphatic heterocycles. The second-order valence-corrected chi connectivity index (χ2v) is 7.19. The summed E-state index contributed by atoms with van der Waals surface area (Å²) in [4.78, 5) is 4.08. The first-order valence-electron chi connectivity index (χ1n) is 8.01. The quantitative estimate of drug-likeness (QED) is 0.755. The van der Waals surface area contributed by atoms with Crippen molar-refractivity contribution in [3.63, 3.8) is 0 Å². The van der Waals surface area contributed by atoms with Crippen LogP contribution >= 0.6 is 11.8 Å². The van der Waals surface area contributed by atoms with Crippen LogP contribution in [0.5, 0.6) is 0 Å². The van der Waals surface area contributed by atoms with E-state index in [4.69, 9.17) is 0 Å². The molecular formula is C17H24BNS. The molecule has 0 N–H and O–H groups in total. The number of benzene rings is 1. The second kappa shape index (κ2) is 6.30. The highest BCUT2D eigenvalue weighted by Gasteiger charge is 2.24. The first-order chi connectivity index (χ1) is 9.78. The minimum atomic E-state index is 0.549. The SMILES string of the molecule is CC[C@H]1CCCN(C2=CB(C)c3ccccc3S2)CC1. The predicted octanol–water partition coefficient (Wildman–Crippen LogP) is 4.02. The number of hydrogen-bond acceptors (Lipinski definition) is 2. The molecule has 0 spiro atoms. The Labute approximate surface area is 127 Å². The molecule has 20 heavy (non-hydrogen) atoms. The van der Waals surface area contributed by atoms with E-state index in [9.17, 15) is 0 Å². The summed E-state index contributed by atoms with van der Waals surface area (Å²) in [7, 11) is 0. The molecule has 1 saturated heterocycles. The molecule has 0 radical (unpaired) electrons. The fourth-order valence-corrected chi connectivity index (χ4v) is 4.69. The molecule has 1 aromatic rings. The van der Waals surface area contributed by atoms with Crippen molar-refractivity contribution >= 4 is 23.9 Å². The fraction of sp³-hybridized carbons (Fsp3) is 0.529. The normalized spacial score (nSPS) is 23.1. The van der Waals surface area contributed by atoms with Gasteiger partial charge in [0.1, 0.15) is 0 Å². The summed E-state index contributed by atoms with van der Waals surface area (Å²) in [5.41, 5.74) is 1.49. The highest BCUT2D eigenvalue weighted by atomic mass is 32.2. The zero-order valence-corrected chi connectivity index (χ0v) is 13.5. The van der Waals surface area contributed by atoms with Crippen LogP contribution in [-0.2, 0) is 0 Å². The maximum Gasteiger partial charge on any atom is 0.202 e. The molecule has 2 aliphatic rings. The smallest absolute Gasteiger partial charge is 0.202 e. The number of thioether (sulfide) groups is 1. The highest BCUT2D eigenvalue weighted by molar-refractivity contribution is 8.03. The molecule has 106 valence electrons. The Morgan fingerprint density at radius 2 is 2.10 bits per heavy atom. The Balaban J connectivity index is 1.75. The largest absolute Gasteiger partial charge is 0.367 e. The molecule has 3 rings (SSSR count). The van der Waals surface area contributed by atoms with Gasteiger partial charge >= 0.3 is 0 Å². The van der Waals surface area contributed by atoms with Crippen LogP contribution in [0.2, 0.25) is 6.82 Å². The van der Waals surface area contributed by atoms with Gasteiger partial charge < -0.3 is 4.90 Å². The predicted molar refractivity (Wildman–Crippen MR) is 90.8 cm³/mol. The van der Waals surface area contributed by atoms with Gasteiger partial charge in [-0.15, -0.1) is 0 Å². The van der Waals surface area contributed by atoms with Crippen LogP contribution < -0.4 is 5.46 Å². The standard InChI is InChI=1S/C17H24BNS/c1-3-14-7-6-11-19(12-10-14)17-13-18(2)15-8-4-5-9-16(15)20-17/h4-5,8-9,13-14H,3,6-7,10-12H2,1-2H3/t14-/m0/s1. The average molecular weight is 285 g/mol. The Morgan fingerprint density at radius 1 is 1.25 bits per heavy atom. The monoisotopic (exact) mass is 285 g/mol. The number of hydrogen-bond donors (Lipinski definition) is 0. The van der Waals surface area contributed by atoms with Crippen LogP contribution in [0.1, 0.15) is 32.6 Å². The van der Waals surface area contributed by atoms with E-state index in [-0.39, 0.29) is 0 Å². The summed E-state index contributed by atoms with van der Waals surface area (Å²) in [6.45, 7) is 7.70. The summed E-state index contributed by atoms with van der Waals surface area (Å²) in [5.74, 6) is 3.41. The van der Waals surface area contributed by atoms with Crippen molar-refractivity contribution in [2.75, 3.05) is 13.1 Å². The van der Waals surface area contributed by atoms with Crippen molar-refractivity contribution in [1.82, 2.24) is 4.90 Å². The highest BCUT2D eigenvalue weighted by Crippen LogP contribution is 2.34. The van der Waals surface area contributed by atoms with E-state index in [1.54, 1.807) is 0 Å². The van der Waals surface area contributed by atoms with Gasteiger partial charge in [0.15, 0.2) is 0 Å². The van der Waals surface area contributed by atoms with Gasteiger partial charge in [-0.3, -0.25) is 0 Å². The van der Waals surface area contributed by atoms with Crippen molar-refractivity contribution in [2.24, 2.45) is 5.92 Å². The lowest BCUT2D eigenvalue weighted by atomic mass is 9.47. The van der Waals surface area contributed by atoms with E-state index >= 15 is 0 Å². The van der Waals surface area contributed by atoms with Gasteiger partial charge in [-0.2, -0.15) is 0 Å². The molecule has 1 aromatic carbocycles. The molecular weight excluding hydrogens is 261 g/mol. The Morgan fingerprint density at radius 3 is 2.95 bits per heavy atom. The lowest BCUT2D eigenvalue weighted by molar-refractivity contribution is 0.370. The van der Waals surface area contributed by atoms with Crippen molar-refractivity contribution in [1.29, 1.82) is 0 Å². The zero-order valence-electron chi connectivity index (χ0n) is 12.6. The van der Waals surface area contributed by atoms with E-state index in [1.807, 2.05) is 11.8 Å².